The average Bonchev–Trinajstić information content (AvgIpc) is 3.18. The minimum atomic E-state index is -3.06. The van der Waals surface area contributed by atoms with Crippen LogP contribution in [0.4, 0.5) is 0 Å². The summed E-state index contributed by atoms with van der Waals surface area (Å²) < 4.78 is 26.3. The van der Waals surface area contributed by atoms with E-state index in [2.05, 4.69) is 10.0 Å². The van der Waals surface area contributed by atoms with Crippen molar-refractivity contribution >= 4 is 21.8 Å². The lowest BCUT2D eigenvalue weighted by atomic mass is 10.0. The van der Waals surface area contributed by atoms with Gasteiger partial charge in [0.25, 0.3) is 0 Å². The van der Waals surface area contributed by atoms with Gasteiger partial charge in [0.1, 0.15) is 0 Å². The SMILES string of the molecule is O=S(=O)(CCCNC1CC1)NCC1CCSCC1. The van der Waals surface area contributed by atoms with Crippen molar-refractivity contribution in [1.29, 1.82) is 0 Å². The van der Waals surface area contributed by atoms with Crippen LogP contribution in [0.5, 0.6) is 0 Å². The van der Waals surface area contributed by atoms with Gasteiger partial charge in [-0.15, -0.1) is 0 Å². The largest absolute Gasteiger partial charge is 0.314 e. The predicted molar refractivity (Wildman–Crippen MR) is 77.5 cm³/mol. The van der Waals surface area contributed by atoms with Crippen molar-refractivity contribution in [3.63, 3.8) is 0 Å². The molecular formula is C12H24N2O2S2. The van der Waals surface area contributed by atoms with Crippen LogP contribution in [0.1, 0.15) is 32.1 Å². The van der Waals surface area contributed by atoms with Gasteiger partial charge in [-0.25, -0.2) is 13.1 Å². The number of hydrogen-bond donors (Lipinski definition) is 2. The van der Waals surface area contributed by atoms with Crippen LogP contribution in [0, 0.1) is 5.92 Å². The van der Waals surface area contributed by atoms with E-state index in [0.29, 0.717) is 24.9 Å². The highest BCUT2D eigenvalue weighted by atomic mass is 32.2. The summed E-state index contributed by atoms with van der Waals surface area (Å²) in [6.07, 6.45) is 5.52. The molecule has 0 aromatic heterocycles. The Balaban J connectivity index is 1.56. The first-order valence-corrected chi connectivity index (χ1v) is 9.75. The predicted octanol–water partition coefficient (Wildman–Crippen LogP) is 1.19. The summed E-state index contributed by atoms with van der Waals surface area (Å²) in [6.45, 7) is 1.46. The molecule has 0 bridgehead atoms. The molecule has 1 saturated carbocycles. The quantitative estimate of drug-likeness (QED) is 0.660. The molecule has 0 spiro atoms. The third-order valence-electron chi connectivity index (χ3n) is 3.53. The summed E-state index contributed by atoms with van der Waals surface area (Å²) in [4.78, 5) is 0. The highest BCUT2D eigenvalue weighted by molar-refractivity contribution is 7.99. The molecule has 1 aliphatic heterocycles. The molecule has 2 fully saturated rings. The zero-order valence-electron chi connectivity index (χ0n) is 10.9. The molecule has 2 rings (SSSR count). The maximum Gasteiger partial charge on any atom is 0.211 e. The third-order valence-corrected chi connectivity index (χ3v) is 6.01. The van der Waals surface area contributed by atoms with E-state index in [0.717, 1.165) is 19.4 Å². The van der Waals surface area contributed by atoms with Gasteiger partial charge in [0.2, 0.25) is 10.0 Å². The Kier molecular flexibility index (Phi) is 5.79. The van der Waals surface area contributed by atoms with Crippen LogP contribution < -0.4 is 10.0 Å². The van der Waals surface area contributed by atoms with Gasteiger partial charge in [-0.3, -0.25) is 0 Å². The molecule has 1 aliphatic carbocycles. The van der Waals surface area contributed by atoms with Gasteiger partial charge in [-0.2, -0.15) is 11.8 Å². The van der Waals surface area contributed by atoms with E-state index >= 15 is 0 Å². The minimum Gasteiger partial charge on any atom is -0.314 e. The molecule has 0 unspecified atom stereocenters. The van der Waals surface area contributed by atoms with Gasteiger partial charge in [0.05, 0.1) is 5.75 Å². The van der Waals surface area contributed by atoms with E-state index in [1.165, 1.54) is 24.3 Å². The molecule has 106 valence electrons. The molecule has 0 aromatic rings. The maximum absolute atomic E-state index is 11.8. The van der Waals surface area contributed by atoms with Crippen molar-refractivity contribution < 1.29 is 8.42 Å². The fourth-order valence-corrected chi connectivity index (χ4v) is 4.49. The Hall–Kier alpha value is 0.220. The zero-order chi connectivity index (χ0) is 12.8. The average molecular weight is 292 g/mol. The number of rotatable bonds is 8. The lowest BCUT2D eigenvalue weighted by molar-refractivity contribution is 0.476. The highest BCUT2D eigenvalue weighted by Gasteiger charge is 2.20. The second-order valence-electron chi connectivity index (χ2n) is 5.31. The smallest absolute Gasteiger partial charge is 0.211 e. The summed E-state index contributed by atoms with van der Waals surface area (Å²) in [7, 11) is -3.06. The Morgan fingerprint density at radius 2 is 1.83 bits per heavy atom. The summed E-state index contributed by atoms with van der Waals surface area (Å²) in [5, 5.41) is 3.34. The van der Waals surface area contributed by atoms with Gasteiger partial charge in [-0.05, 0) is 56.1 Å². The van der Waals surface area contributed by atoms with E-state index in [-0.39, 0.29) is 5.75 Å². The second kappa shape index (κ2) is 7.12. The Labute approximate surface area is 115 Å². The van der Waals surface area contributed by atoms with Gasteiger partial charge < -0.3 is 5.32 Å². The van der Waals surface area contributed by atoms with Crippen molar-refractivity contribution in [2.24, 2.45) is 5.92 Å². The van der Waals surface area contributed by atoms with Gasteiger partial charge in [0, 0.05) is 12.6 Å². The van der Waals surface area contributed by atoms with Crippen LogP contribution in [-0.4, -0.2) is 44.8 Å². The summed E-state index contributed by atoms with van der Waals surface area (Å²) in [5.74, 6) is 3.16. The van der Waals surface area contributed by atoms with Crippen molar-refractivity contribution in [1.82, 2.24) is 10.0 Å². The Morgan fingerprint density at radius 3 is 2.50 bits per heavy atom. The number of hydrogen-bond acceptors (Lipinski definition) is 4. The number of thioether (sulfide) groups is 1. The van der Waals surface area contributed by atoms with E-state index in [1.54, 1.807) is 0 Å². The van der Waals surface area contributed by atoms with Crippen LogP contribution >= 0.6 is 11.8 Å². The van der Waals surface area contributed by atoms with E-state index in [1.807, 2.05) is 11.8 Å². The van der Waals surface area contributed by atoms with E-state index in [4.69, 9.17) is 0 Å². The molecule has 6 heteroatoms. The van der Waals surface area contributed by atoms with Crippen LogP contribution in [-0.2, 0) is 10.0 Å². The third kappa shape index (κ3) is 5.91. The summed E-state index contributed by atoms with van der Waals surface area (Å²) in [6, 6.07) is 0.667. The molecule has 1 saturated heterocycles. The fourth-order valence-electron chi connectivity index (χ4n) is 2.12. The normalized spacial score (nSPS) is 22.2. The van der Waals surface area contributed by atoms with E-state index in [9.17, 15) is 8.42 Å². The second-order valence-corrected chi connectivity index (χ2v) is 8.46. The molecule has 4 nitrogen and oxygen atoms in total. The zero-order valence-corrected chi connectivity index (χ0v) is 12.5. The molecule has 0 radical (unpaired) electrons. The topological polar surface area (TPSA) is 58.2 Å². The van der Waals surface area contributed by atoms with Crippen LogP contribution in [0.15, 0.2) is 0 Å². The van der Waals surface area contributed by atoms with Crippen molar-refractivity contribution in [3.05, 3.63) is 0 Å². The Bertz CT molecular complexity index is 336. The van der Waals surface area contributed by atoms with Crippen LogP contribution in [0.2, 0.25) is 0 Å². The first kappa shape index (κ1) is 14.6. The van der Waals surface area contributed by atoms with Crippen molar-refractivity contribution in [2.75, 3.05) is 30.3 Å². The van der Waals surface area contributed by atoms with Crippen LogP contribution in [0.25, 0.3) is 0 Å². The van der Waals surface area contributed by atoms with Crippen molar-refractivity contribution in [3.8, 4) is 0 Å². The number of nitrogens with one attached hydrogen (secondary N) is 2. The van der Waals surface area contributed by atoms with Crippen LogP contribution in [0.3, 0.4) is 0 Å². The molecule has 0 aromatic carbocycles. The highest BCUT2D eigenvalue weighted by Crippen LogP contribution is 2.22. The summed E-state index contributed by atoms with van der Waals surface area (Å²) >= 11 is 1.97. The first-order chi connectivity index (χ1) is 8.66. The molecule has 0 amide bonds. The minimum absolute atomic E-state index is 0.258. The Morgan fingerprint density at radius 1 is 1.11 bits per heavy atom. The summed E-state index contributed by atoms with van der Waals surface area (Å²) in [5.41, 5.74) is 0. The van der Waals surface area contributed by atoms with Gasteiger partial charge in [-0.1, -0.05) is 0 Å². The van der Waals surface area contributed by atoms with Crippen molar-refractivity contribution in [2.45, 2.75) is 38.1 Å². The first-order valence-electron chi connectivity index (χ1n) is 6.94. The van der Waals surface area contributed by atoms with Gasteiger partial charge in [0.15, 0.2) is 0 Å². The molecular weight excluding hydrogens is 268 g/mol. The molecule has 1 heterocycles. The maximum atomic E-state index is 11.8. The lowest BCUT2D eigenvalue weighted by Gasteiger charge is -2.21. The molecule has 2 aliphatic rings. The molecule has 2 N–H and O–H groups in total. The van der Waals surface area contributed by atoms with E-state index < -0.39 is 10.0 Å². The fraction of sp³-hybridized carbons (Fsp3) is 1.00. The monoisotopic (exact) mass is 292 g/mol. The molecule has 18 heavy (non-hydrogen) atoms. The molecule has 0 atom stereocenters. The number of sulfonamides is 1. The standard InChI is InChI=1S/C12H24N2O2S2/c15-18(16,9-1-6-13-12-2-3-12)14-10-11-4-7-17-8-5-11/h11-14H,1-10H2. The van der Waals surface area contributed by atoms with Gasteiger partial charge >= 0.3 is 0 Å². The lowest BCUT2D eigenvalue weighted by Crippen LogP contribution is -2.33.